The van der Waals surface area contributed by atoms with Crippen molar-refractivity contribution >= 4 is 15.9 Å². The first-order valence-corrected chi connectivity index (χ1v) is 6.56. The molecule has 2 rings (SSSR count). The lowest BCUT2D eigenvalue weighted by molar-refractivity contribution is -0.137. The number of benzene rings is 1. The highest BCUT2D eigenvalue weighted by atomic mass is 79.9. The van der Waals surface area contributed by atoms with E-state index >= 15 is 0 Å². The maximum Gasteiger partial charge on any atom is 0.416 e. The maximum atomic E-state index is 12.8. The van der Waals surface area contributed by atoms with Crippen molar-refractivity contribution in [2.45, 2.75) is 26.1 Å². The third-order valence-corrected chi connectivity index (χ3v) is 3.53. The Hall–Kier alpha value is -1.41. The van der Waals surface area contributed by atoms with Gasteiger partial charge < -0.3 is 5.73 Å². The van der Waals surface area contributed by atoms with Crippen molar-refractivity contribution in [1.29, 1.82) is 0 Å². The Morgan fingerprint density at radius 2 is 2.00 bits per heavy atom. The van der Waals surface area contributed by atoms with Gasteiger partial charge in [-0.1, -0.05) is 5.21 Å². The van der Waals surface area contributed by atoms with Crippen LogP contribution in [0.25, 0.3) is 5.69 Å². The van der Waals surface area contributed by atoms with Crippen LogP contribution in [0, 0.1) is 6.92 Å². The lowest BCUT2D eigenvalue weighted by Gasteiger charge is -2.11. The lowest BCUT2D eigenvalue weighted by atomic mass is 10.2. The number of alkyl halides is 3. The van der Waals surface area contributed by atoms with E-state index in [2.05, 4.69) is 26.2 Å². The van der Waals surface area contributed by atoms with Gasteiger partial charge in [0.1, 0.15) is 5.69 Å². The molecule has 1 heterocycles. The maximum absolute atomic E-state index is 12.8. The minimum Gasteiger partial charge on any atom is -0.323 e. The van der Waals surface area contributed by atoms with Crippen LogP contribution in [0.15, 0.2) is 22.7 Å². The van der Waals surface area contributed by atoms with E-state index in [-0.39, 0.29) is 11.7 Å². The molecule has 0 bridgehead atoms. The van der Waals surface area contributed by atoms with E-state index in [1.54, 1.807) is 13.8 Å². The summed E-state index contributed by atoms with van der Waals surface area (Å²) in [5, 5.41) is 7.79. The topological polar surface area (TPSA) is 56.7 Å². The molecular formula is C12H12BrF3N4. The van der Waals surface area contributed by atoms with Crippen molar-refractivity contribution in [1.82, 2.24) is 15.0 Å². The van der Waals surface area contributed by atoms with Gasteiger partial charge in [-0.3, -0.25) is 0 Å². The second-order valence-electron chi connectivity index (χ2n) is 4.42. The molecule has 0 aliphatic heterocycles. The monoisotopic (exact) mass is 348 g/mol. The summed E-state index contributed by atoms with van der Waals surface area (Å²) in [6, 6.07) is 3.03. The average Bonchev–Trinajstić information content (AvgIpc) is 2.70. The molecule has 0 saturated carbocycles. The molecule has 0 aliphatic rings. The van der Waals surface area contributed by atoms with Gasteiger partial charge >= 0.3 is 6.18 Å². The van der Waals surface area contributed by atoms with Crippen LogP contribution < -0.4 is 5.73 Å². The molecule has 1 aromatic heterocycles. The molecule has 1 unspecified atom stereocenters. The Kier molecular flexibility index (Phi) is 3.88. The number of halogens is 4. The van der Waals surface area contributed by atoms with Crippen LogP contribution in [0.1, 0.15) is 29.9 Å². The Balaban J connectivity index is 2.58. The number of aromatic nitrogens is 3. The summed E-state index contributed by atoms with van der Waals surface area (Å²) in [5.74, 6) is 0. The third-order valence-electron chi connectivity index (χ3n) is 2.86. The van der Waals surface area contributed by atoms with Crippen LogP contribution in [0.4, 0.5) is 13.2 Å². The molecule has 0 saturated heterocycles. The van der Waals surface area contributed by atoms with Gasteiger partial charge in [0.2, 0.25) is 0 Å². The molecule has 0 spiro atoms. The van der Waals surface area contributed by atoms with E-state index in [0.717, 1.165) is 12.1 Å². The molecule has 0 fully saturated rings. The van der Waals surface area contributed by atoms with Crippen molar-refractivity contribution in [3.05, 3.63) is 39.6 Å². The van der Waals surface area contributed by atoms with Crippen molar-refractivity contribution in [3.63, 3.8) is 0 Å². The smallest absolute Gasteiger partial charge is 0.323 e. The highest BCUT2D eigenvalue weighted by Crippen LogP contribution is 2.33. The van der Waals surface area contributed by atoms with Crippen molar-refractivity contribution in [2.24, 2.45) is 5.73 Å². The first-order valence-electron chi connectivity index (χ1n) is 5.76. The standard InChI is InChI=1S/C12H12BrF3N4/c1-6(17)11-7(2)20(19-18-11)10-5-8(12(14,15)16)3-4-9(10)13/h3-6H,17H2,1-2H3. The number of hydrogen-bond donors (Lipinski definition) is 1. The highest BCUT2D eigenvalue weighted by Gasteiger charge is 2.31. The Labute approximate surface area is 121 Å². The molecule has 2 N–H and O–H groups in total. The van der Waals surface area contributed by atoms with Gasteiger partial charge in [0.25, 0.3) is 0 Å². The number of nitrogens with two attached hydrogens (primary N) is 1. The molecule has 20 heavy (non-hydrogen) atoms. The van der Waals surface area contributed by atoms with Crippen LogP contribution in [0.5, 0.6) is 0 Å². The Morgan fingerprint density at radius 3 is 2.50 bits per heavy atom. The fourth-order valence-corrected chi connectivity index (χ4v) is 2.26. The summed E-state index contributed by atoms with van der Waals surface area (Å²) in [7, 11) is 0. The summed E-state index contributed by atoms with van der Waals surface area (Å²) < 4.78 is 40.1. The fraction of sp³-hybridized carbons (Fsp3) is 0.333. The summed E-state index contributed by atoms with van der Waals surface area (Å²) in [6.07, 6.45) is -4.41. The number of rotatable bonds is 2. The van der Waals surface area contributed by atoms with Crippen LogP contribution in [0.2, 0.25) is 0 Å². The minimum absolute atomic E-state index is 0.275. The van der Waals surface area contributed by atoms with E-state index in [4.69, 9.17) is 5.73 Å². The third kappa shape index (κ3) is 2.71. The van der Waals surface area contributed by atoms with Crippen molar-refractivity contribution in [3.8, 4) is 5.69 Å². The zero-order valence-electron chi connectivity index (χ0n) is 10.7. The number of nitrogens with zero attached hydrogens (tertiary/aromatic N) is 3. The molecule has 8 heteroatoms. The van der Waals surface area contributed by atoms with E-state index in [1.165, 1.54) is 10.7 Å². The van der Waals surface area contributed by atoms with Crippen LogP contribution in [-0.4, -0.2) is 15.0 Å². The molecule has 1 atom stereocenters. The van der Waals surface area contributed by atoms with Crippen molar-refractivity contribution < 1.29 is 13.2 Å². The van der Waals surface area contributed by atoms with Gasteiger partial charge in [-0.15, -0.1) is 5.10 Å². The van der Waals surface area contributed by atoms with Gasteiger partial charge in [-0.05, 0) is 48.0 Å². The highest BCUT2D eigenvalue weighted by molar-refractivity contribution is 9.10. The SMILES string of the molecule is Cc1c(C(C)N)nnn1-c1cc(C(F)(F)F)ccc1Br. The zero-order valence-corrected chi connectivity index (χ0v) is 12.3. The van der Waals surface area contributed by atoms with Gasteiger partial charge in [-0.2, -0.15) is 13.2 Å². The molecule has 2 aromatic rings. The molecule has 108 valence electrons. The van der Waals surface area contributed by atoms with Gasteiger partial charge in [0.05, 0.1) is 16.9 Å². The molecule has 0 aliphatic carbocycles. The largest absolute Gasteiger partial charge is 0.416 e. The Morgan fingerprint density at radius 1 is 1.35 bits per heavy atom. The second-order valence-corrected chi connectivity index (χ2v) is 5.28. The van der Waals surface area contributed by atoms with Crippen molar-refractivity contribution in [2.75, 3.05) is 0 Å². The predicted octanol–water partition coefficient (Wildman–Crippen LogP) is 3.38. The molecular weight excluding hydrogens is 337 g/mol. The van der Waals surface area contributed by atoms with E-state index in [1.807, 2.05) is 0 Å². The van der Waals surface area contributed by atoms with Crippen LogP contribution in [-0.2, 0) is 6.18 Å². The van der Waals surface area contributed by atoms with Gasteiger partial charge in [0.15, 0.2) is 0 Å². The summed E-state index contributed by atoms with van der Waals surface area (Å²) in [4.78, 5) is 0. The van der Waals surface area contributed by atoms with Gasteiger partial charge in [0, 0.05) is 10.5 Å². The molecule has 0 radical (unpaired) electrons. The lowest BCUT2D eigenvalue weighted by Crippen LogP contribution is -2.09. The first kappa shape index (κ1) is 15.0. The molecule has 4 nitrogen and oxygen atoms in total. The van der Waals surface area contributed by atoms with Crippen LogP contribution >= 0.6 is 15.9 Å². The van der Waals surface area contributed by atoms with E-state index in [0.29, 0.717) is 15.9 Å². The number of hydrogen-bond acceptors (Lipinski definition) is 3. The molecule has 1 aromatic carbocycles. The quantitative estimate of drug-likeness (QED) is 0.904. The van der Waals surface area contributed by atoms with E-state index in [9.17, 15) is 13.2 Å². The Bertz CT molecular complexity index is 634. The molecule has 0 amide bonds. The second kappa shape index (κ2) is 5.17. The predicted molar refractivity (Wildman–Crippen MR) is 71.4 cm³/mol. The first-order chi connectivity index (χ1) is 9.21. The minimum atomic E-state index is -4.41. The summed E-state index contributed by atoms with van der Waals surface area (Å²) >= 11 is 3.23. The average molecular weight is 349 g/mol. The summed E-state index contributed by atoms with van der Waals surface area (Å²) in [6.45, 7) is 3.45. The van der Waals surface area contributed by atoms with Crippen LogP contribution in [0.3, 0.4) is 0 Å². The zero-order chi connectivity index (χ0) is 15.1. The van der Waals surface area contributed by atoms with E-state index < -0.39 is 11.7 Å². The summed E-state index contributed by atoms with van der Waals surface area (Å²) in [5.41, 5.74) is 6.43. The normalized spacial score (nSPS) is 13.6. The fourth-order valence-electron chi connectivity index (χ4n) is 1.84. The van der Waals surface area contributed by atoms with Gasteiger partial charge in [-0.25, -0.2) is 4.68 Å².